The lowest BCUT2D eigenvalue weighted by molar-refractivity contribution is -0.123. The minimum Gasteiger partial charge on any atom is -0.459 e. The third-order valence-corrected chi connectivity index (χ3v) is 4.99. The van der Waals surface area contributed by atoms with Crippen LogP contribution in [0.2, 0.25) is 0 Å². The Morgan fingerprint density at radius 1 is 1.11 bits per heavy atom. The van der Waals surface area contributed by atoms with Crippen LogP contribution in [0.25, 0.3) is 11.1 Å². The van der Waals surface area contributed by atoms with Gasteiger partial charge in [-0.2, -0.15) is 0 Å². The van der Waals surface area contributed by atoms with Gasteiger partial charge in [-0.25, -0.2) is 0 Å². The van der Waals surface area contributed by atoms with Gasteiger partial charge in [-0.1, -0.05) is 37.3 Å². The van der Waals surface area contributed by atoms with Crippen LogP contribution in [0, 0.1) is 0 Å². The highest BCUT2D eigenvalue weighted by molar-refractivity contribution is 5.98. The van der Waals surface area contributed by atoms with E-state index in [1.54, 1.807) is 11.2 Å². The highest BCUT2D eigenvalue weighted by atomic mass is 16.3. The summed E-state index contributed by atoms with van der Waals surface area (Å²) in [6, 6.07) is 11.8. The molecule has 1 atom stereocenters. The third-order valence-electron chi connectivity index (χ3n) is 4.99. The molecule has 6 nitrogen and oxygen atoms in total. The summed E-state index contributed by atoms with van der Waals surface area (Å²) in [4.78, 5) is 28.8. The Labute approximate surface area is 160 Å². The quantitative estimate of drug-likeness (QED) is 0.850. The molecule has 1 aromatic carbocycles. The van der Waals surface area contributed by atoms with Crippen LogP contribution in [0.15, 0.2) is 47.1 Å². The SMILES string of the molecule is CC[C@H](C)NC(=O)CN1CCN(C(=O)c2occc2-c2ccccc2)CC1. The average molecular weight is 369 g/mol. The number of carbonyl (C=O) groups is 2. The Morgan fingerprint density at radius 3 is 2.48 bits per heavy atom. The highest BCUT2D eigenvalue weighted by Crippen LogP contribution is 2.26. The number of nitrogens with one attached hydrogen (secondary N) is 1. The Balaban J connectivity index is 1.57. The standard InChI is InChI=1S/C21H27N3O3/c1-3-16(2)22-19(25)15-23-10-12-24(13-11-23)21(26)20-18(9-14-27-20)17-7-5-4-6-8-17/h4-9,14,16H,3,10-13,15H2,1-2H3,(H,22,25)/t16-/m0/s1. The molecule has 1 aliphatic heterocycles. The summed E-state index contributed by atoms with van der Waals surface area (Å²) < 4.78 is 5.51. The Hall–Kier alpha value is -2.60. The fourth-order valence-electron chi connectivity index (χ4n) is 3.20. The van der Waals surface area contributed by atoms with Crippen LogP contribution < -0.4 is 5.32 Å². The Kier molecular flexibility index (Phi) is 6.29. The largest absolute Gasteiger partial charge is 0.459 e. The monoisotopic (exact) mass is 369 g/mol. The van der Waals surface area contributed by atoms with Crippen molar-refractivity contribution in [2.75, 3.05) is 32.7 Å². The topological polar surface area (TPSA) is 65.8 Å². The van der Waals surface area contributed by atoms with E-state index in [1.165, 1.54) is 0 Å². The van der Waals surface area contributed by atoms with E-state index in [0.29, 0.717) is 38.5 Å². The minimum absolute atomic E-state index is 0.0431. The van der Waals surface area contributed by atoms with Crippen molar-refractivity contribution in [3.8, 4) is 11.1 Å². The van der Waals surface area contributed by atoms with Gasteiger partial charge in [-0.3, -0.25) is 14.5 Å². The minimum atomic E-state index is -0.0949. The molecule has 2 heterocycles. The molecule has 0 radical (unpaired) electrons. The second kappa shape index (κ2) is 8.86. The van der Waals surface area contributed by atoms with Crippen LogP contribution in [-0.2, 0) is 4.79 Å². The number of carbonyl (C=O) groups excluding carboxylic acids is 2. The number of amides is 2. The van der Waals surface area contributed by atoms with Crippen molar-refractivity contribution in [1.29, 1.82) is 0 Å². The highest BCUT2D eigenvalue weighted by Gasteiger charge is 2.27. The summed E-state index contributed by atoms with van der Waals surface area (Å²) in [5.74, 6) is 0.327. The lowest BCUT2D eigenvalue weighted by Crippen LogP contribution is -2.51. The van der Waals surface area contributed by atoms with Crippen molar-refractivity contribution in [1.82, 2.24) is 15.1 Å². The van der Waals surface area contributed by atoms with Crippen molar-refractivity contribution in [3.05, 3.63) is 48.4 Å². The summed E-state index contributed by atoms with van der Waals surface area (Å²) in [6.45, 7) is 6.97. The van der Waals surface area contributed by atoms with Crippen molar-refractivity contribution < 1.29 is 14.0 Å². The average Bonchev–Trinajstić information content (AvgIpc) is 3.18. The molecule has 1 aliphatic rings. The lowest BCUT2D eigenvalue weighted by Gasteiger charge is -2.34. The van der Waals surface area contributed by atoms with Crippen LogP contribution in [0.1, 0.15) is 30.8 Å². The maximum Gasteiger partial charge on any atom is 0.290 e. The van der Waals surface area contributed by atoms with Gasteiger partial charge in [0.15, 0.2) is 5.76 Å². The van der Waals surface area contributed by atoms with Gasteiger partial charge in [0.25, 0.3) is 5.91 Å². The molecule has 0 unspecified atom stereocenters. The zero-order valence-corrected chi connectivity index (χ0v) is 16.0. The smallest absolute Gasteiger partial charge is 0.290 e. The first-order valence-electron chi connectivity index (χ1n) is 9.52. The first-order chi connectivity index (χ1) is 13.1. The van der Waals surface area contributed by atoms with Crippen LogP contribution >= 0.6 is 0 Å². The number of nitrogens with zero attached hydrogens (tertiary/aromatic N) is 2. The normalized spacial score (nSPS) is 16.1. The second-order valence-corrected chi connectivity index (χ2v) is 6.97. The van der Waals surface area contributed by atoms with Crippen LogP contribution in [0.4, 0.5) is 0 Å². The summed E-state index contributed by atoms with van der Waals surface area (Å²) >= 11 is 0. The molecule has 0 bridgehead atoms. The van der Waals surface area contributed by atoms with E-state index >= 15 is 0 Å². The number of rotatable bonds is 6. The molecule has 1 fully saturated rings. The van der Waals surface area contributed by atoms with Gasteiger partial charge in [0.1, 0.15) is 0 Å². The predicted octanol–water partition coefficient (Wildman–Crippen LogP) is 2.62. The Bertz CT molecular complexity index is 764. The van der Waals surface area contributed by atoms with E-state index in [0.717, 1.165) is 17.5 Å². The van der Waals surface area contributed by atoms with Crippen LogP contribution in [0.5, 0.6) is 0 Å². The van der Waals surface area contributed by atoms with Gasteiger partial charge in [0, 0.05) is 37.8 Å². The molecule has 0 saturated carbocycles. The maximum atomic E-state index is 12.9. The number of piperazine rings is 1. The van der Waals surface area contributed by atoms with Crippen molar-refractivity contribution in [2.45, 2.75) is 26.3 Å². The Morgan fingerprint density at radius 2 is 1.81 bits per heavy atom. The molecule has 0 spiro atoms. The maximum absolute atomic E-state index is 12.9. The van der Waals surface area contributed by atoms with E-state index in [9.17, 15) is 9.59 Å². The number of benzene rings is 1. The van der Waals surface area contributed by atoms with Crippen molar-refractivity contribution in [2.24, 2.45) is 0 Å². The van der Waals surface area contributed by atoms with Gasteiger partial charge >= 0.3 is 0 Å². The van der Waals surface area contributed by atoms with E-state index in [4.69, 9.17) is 4.42 Å². The fourth-order valence-corrected chi connectivity index (χ4v) is 3.20. The second-order valence-electron chi connectivity index (χ2n) is 6.97. The number of hydrogen-bond acceptors (Lipinski definition) is 4. The van der Waals surface area contributed by atoms with E-state index < -0.39 is 0 Å². The molecule has 0 aliphatic carbocycles. The van der Waals surface area contributed by atoms with Gasteiger partial charge in [0.2, 0.25) is 5.91 Å². The molecule has 6 heteroatoms. The van der Waals surface area contributed by atoms with E-state index in [-0.39, 0.29) is 17.9 Å². The number of hydrogen-bond donors (Lipinski definition) is 1. The fraction of sp³-hybridized carbons (Fsp3) is 0.429. The van der Waals surface area contributed by atoms with Gasteiger partial charge in [-0.05, 0) is 25.0 Å². The molecule has 1 aromatic heterocycles. The summed E-state index contributed by atoms with van der Waals surface area (Å²) in [6.07, 6.45) is 2.48. The van der Waals surface area contributed by atoms with Crippen LogP contribution in [0.3, 0.4) is 0 Å². The molecule has 144 valence electrons. The lowest BCUT2D eigenvalue weighted by atomic mass is 10.1. The molecule has 27 heavy (non-hydrogen) atoms. The van der Waals surface area contributed by atoms with E-state index in [2.05, 4.69) is 10.2 Å². The molecule has 3 rings (SSSR count). The summed E-state index contributed by atoms with van der Waals surface area (Å²) in [7, 11) is 0. The van der Waals surface area contributed by atoms with Gasteiger partial charge < -0.3 is 14.6 Å². The van der Waals surface area contributed by atoms with Crippen LogP contribution in [-0.4, -0.2) is 60.4 Å². The predicted molar refractivity (Wildman–Crippen MR) is 104 cm³/mol. The van der Waals surface area contributed by atoms with Crippen molar-refractivity contribution in [3.63, 3.8) is 0 Å². The summed E-state index contributed by atoms with van der Waals surface area (Å²) in [5, 5.41) is 2.98. The molecular formula is C21H27N3O3. The molecule has 1 saturated heterocycles. The molecule has 2 amide bonds. The first-order valence-corrected chi connectivity index (χ1v) is 9.52. The molecule has 2 aromatic rings. The van der Waals surface area contributed by atoms with Crippen molar-refractivity contribution >= 4 is 11.8 Å². The third kappa shape index (κ3) is 4.77. The molecule has 1 N–H and O–H groups in total. The van der Waals surface area contributed by atoms with Gasteiger partial charge in [0.05, 0.1) is 12.8 Å². The first kappa shape index (κ1) is 19.2. The number of furan rings is 1. The zero-order valence-electron chi connectivity index (χ0n) is 16.0. The zero-order chi connectivity index (χ0) is 19.2. The van der Waals surface area contributed by atoms with E-state index in [1.807, 2.05) is 50.2 Å². The summed E-state index contributed by atoms with van der Waals surface area (Å²) in [5.41, 5.74) is 1.78. The van der Waals surface area contributed by atoms with Gasteiger partial charge in [-0.15, -0.1) is 0 Å². The molecular weight excluding hydrogens is 342 g/mol.